The topological polar surface area (TPSA) is 93.6 Å². The Hall–Kier alpha value is -2.06. The molecule has 0 bridgehead atoms. The van der Waals surface area contributed by atoms with Crippen LogP contribution in [0.1, 0.15) is 12.0 Å². The largest absolute Gasteiger partial charge is 0.383 e. The normalized spacial score (nSPS) is 9.93. The Morgan fingerprint density at radius 1 is 1.40 bits per heavy atom. The monoisotopic (exact) mass is 201 g/mol. The smallest absolute Gasteiger partial charge is 0.144 e. The fourth-order valence-corrected chi connectivity index (χ4v) is 1.32. The number of nitrogen functional groups attached to an aromatic ring is 1. The van der Waals surface area contributed by atoms with Crippen LogP contribution in [0.15, 0.2) is 12.5 Å². The van der Waals surface area contributed by atoms with Gasteiger partial charge in [0.1, 0.15) is 17.8 Å². The number of aromatic amines is 1. The maximum atomic E-state index is 5.74. The van der Waals surface area contributed by atoms with Crippen molar-refractivity contribution in [2.45, 2.75) is 6.42 Å². The van der Waals surface area contributed by atoms with Crippen molar-refractivity contribution >= 4 is 16.9 Å². The highest BCUT2D eigenvalue weighted by molar-refractivity contribution is 5.91. The van der Waals surface area contributed by atoms with E-state index in [9.17, 15) is 0 Å². The molecule has 15 heavy (non-hydrogen) atoms. The molecule has 0 aromatic carbocycles. The molecule has 0 fully saturated rings. The second kappa shape index (κ2) is 3.98. The summed E-state index contributed by atoms with van der Waals surface area (Å²) in [5.41, 5.74) is 12.6. The second-order valence-corrected chi connectivity index (χ2v) is 3.03. The maximum Gasteiger partial charge on any atom is 0.144 e. The molecule has 0 saturated carbocycles. The van der Waals surface area contributed by atoms with Crippen molar-refractivity contribution in [3.63, 3.8) is 0 Å². The van der Waals surface area contributed by atoms with Gasteiger partial charge in [0.25, 0.3) is 0 Å². The molecule has 5 N–H and O–H groups in total. The molecule has 0 radical (unpaired) electrons. The van der Waals surface area contributed by atoms with Crippen LogP contribution in [0.3, 0.4) is 0 Å². The van der Waals surface area contributed by atoms with Crippen molar-refractivity contribution in [1.82, 2.24) is 15.0 Å². The van der Waals surface area contributed by atoms with E-state index in [1.807, 2.05) is 0 Å². The van der Waals surface area contributed by atoms with E-state index in [0.717, 1.165) is 10.9 Å². The van der Waals surface area contributed by atoms with Gasteiger partial charge in [-0.1, -0.05) is 11.8 Å². The van der Waals surface area contributed by atoms with Crippen LogP contribution < -0.4 is 11.5 Å². The van der Waals surface area contributed by atoms with Gasteiger partial charge in [-0.15, -0.1) is 0 Å². The molecule has 2 aromatic heterocycles. The van der Waals surface area contributed by atoms with Gasteiger partial charge >= 0.3 is 0 Å². The summed E-state index contributed by atoms with van der Waals surface area (Å²) >= 11 is 0. The Morgan fingerprint density at radius 3 is 3.07 bits per heavy atom. The van der Waals surface area contributed by atoms with E-state index in [-0.39, 0.29) is 0 Å². The molecule has 0 atom stereocenters. The Balaban J connectivity index is 2.50. The molecular formula is C10H11N5. The zero-order chi connectivity index (χ0) is 10.7. The van der Waals surface area contributed by atoms with Gasteiger partial charge in [-0.3, -0.25) is 0 Å². The van der Waals surface area contributed by atoms with Crippen LogP contribution in [-0.4, -0.2) is 21.5 Å². The van der Waals surface area contributed by atoms with Crippen molar-refractivity contribution in [2.75, 3.05) is 12.3 Å². The van der Waals surface area contributed by atoms with E-state index < -0.39 is 0 Å². The van der Waals surface area contributed by atoms with Crippen LogP contribution in [0.4, 0.5) is 5.82 Å². The molecule has 0 aliphatic carbocycles. The first-order valence-electron chi connectivity index (χ1n) is 4.59. The number of anilines is 1. The van der Waals surface area contributed by atoms with Crippen LogP contribution in [-0.2, 0) is 0 Å². The minimum atomic E-state index is 0.443. The fraction of sp³-hybridized carbons (Fsp3) is 0.200. The highest BCUT2D eigenvalue weighted by atomic mass is 15.0. The van der Waals surface area contributed by atoms with Crippen LogP contribution >= 0.6 is 0 Å². The summed E-state index contributed by atoms with van der Waals surface area (Å²) < 4.78 is 0. The van der Waals surface area contributed by atoms with E-state index in [4.69, 9.17) is 11.5 Å². The summed E-state index contributed by atoms with van der Waals surface area (Å²) in [6.07, 6.45) is 3.87. The average Bonchev–Trinajstić information content (AvgIpc) is 2.63. The summed E-state index contributed by atoms with van der Waals surface area (Å²) in [5.74, 6) is 6.38. The Bertz CT molecular complexity index is 531. The average molecular weight is 201 g/mol. The Morgan fingerprint density at radius 2 is 2.27 bits per heavy atom. The molecule has 76 valence electrons. The van der Waals surface area contributed by atoms with Gasteiger partial charge in [-0.25, -0.2) is 9.97 Å². The first-order valence-corrected chi connectivity index (χ1v) is 4.59. The minimum Gasteiger partial charge on any atom is -0.383 e. The summed E-state index contributed by atoms with van der Waals surface area (Å²) in [5, 5.41) is 0.780. The van der Waals surface area contributed by atoms with Gasteiger partial charge in [0.2, 0.25) is 0 Å². The number of H-pyrrole nitrogens is 1. The van der Waals surface area contributed by atoms with Crippen LogP contribution in [0.25, 0.3) is 11.0 Å². The number of nitrogens with two attached hydrogens (primary N) is 2. The molecule has 0 aliphatic heterocycles. The molecule has 2 heterocycles. The highest BCUT2D eigenvalue weighted by Gasteiger charge is 2.05. The molecule has 0 spiro atoms. The van der Waals surface area contributed by atoms with Crippen LogP contribution in [0, 0.1) is 11.8 Å². The fourth-order valence-electron chi connectivity index (χ4n) is 1.32. The minimum absolute atomic E-state index is 0.443. The molecule has 0 saturated heterocycles. The van der Waals surface area contributed by atoms with Crippen molar-refractivity contribution in [2.24, 2.45) is 5.73 Å². The van der Waals surface area contributed by atoms with Gasteiger partial charge < -0.3 is 16.5 Å². The van der Waals surface area contributed by atoms with E-state index in [0.29, 0.717) is 24.4 Å². The lowest BCUT2D eigenvalue weighted by Crippen LogP contribution is -1.95. The predicted octanol–water partition coefficient (Wildman–Crippen LogP) is 0.240. The lowest BCUT2D eigenvalue weighted by Gasteiger charge is -1.93. The standard InChI is InChI=1S/C10H11N5/c11-4-2-1-3-7-5-13-10-8(7)9(12)14-6-15-10/h5-6H,2,4,11H2,(H3,12,13,14,15). The molecule has 2 aromatic rings. The zero-order valence-corrected chi connectivity index (χ0v) is 8.12. The number of hydrogen-bond donors (Lipinski definition) is 3. The third-order valence-corrected chi connectivity index (χ3v) is 1.99. The number of hydrogen-bond acceptors (Lipinski definition) is 4. The summed E-state index contributed by atoms with van der Waals surface area (Å²) in [6.45, 7) is 0.557. The highest BCUT2D eigenvalue weighted by Crippen LogP contribution is 2.19. The molecule has 5 heteroatoms. The van der Waals surface area contributed by atoms with Gasteiger partial charge in [-0.05, 0) is 0 Å². The molecular weight excluding hydrogens is 190 g/mol. The lowest BCUT2D eigenvalue weighted by molar-refractivity contribution is 1.03. The van der Waals surface area contributed by atoms with Crippen molar-refractivity contribution in [1.29, 1.82) is 0 Å². The summed E-state index contributed by atoms with van der Waals surface area (Å²) in [4.78, 5) is 11.0. The number of fused-ring (bicyclic) bond motifs is 1. The Labute approximate surface area is 86.9 Å². The quantitative estimate of drug-likeness (QED) is 0.576. The second-order valence-electron chi connectivity index (χ2n) is 3.03. The van der Waals surface area contributed by atoms with Gasteiger partial charge in [0.05, 0.1) is 10.9 Å². The van der Waals surface area contributed by atoms with E-state index in [1.54, 1.807) is 6.20 Å². The van der Waals surface area contributed by atoms with Crippen molar-refractivity contribution in [3.8, 4) is 11.8 Å². The first kappa shape index (κ1) is 9.49. The third kappa shape index (κ3) is 1.75. The molecule has 0 aliphatic rings. The van der Waals surface area contributed by atoms with Gasteiger partial charge in [0.15, 0.2) is 0 Å². The van der Waals surface area contributed by atoms with Crippen LogP contribution in [0.5, 0.6) is 0 Å². The number of nitrogens with one attached hydrogen (secondary N) is 1. The Kier molecular flexibility index (Phi) is 2.52. The van der Waals surface area contributed by atoms with Gasteiger partial charge in [0, 0.05) is 19.2 Å². The summed E-state index contributed by atoms with van der Waals surface area (Å²) in [6, 6.07) is 0. The predicted molar refractivity (Wildman–Crippen MR) is 58.9 cm³/mol. The molecule has 5 nitrogen and oxygen atoms in total. The molecule has 0 amide bonds. The van der Waals surface area contributed by atoms with E-state index in [2.05, 4.69) is 26.8 Å². The number of rotatable bonds is 1. The summed E-state index contributed by atoms with van der Waals surface area (Å²) in [7, 11) is 0. The number of aromatic nitrogens is 3. The van der Waals surface area contributed by atoms with Crippen molar-refractivity contribution in [3.05, 3.63) is 18.1 Å². The van der Waals surface area contributed by atoms with Crippen LogP contribution in [0.2, 0.25) is 0 Å². The lowest BCUT2D eigenvalue weighted by atomic mass is 10.2. The van der Waals surface area contributed by atoms with Crippen molar-refractivity contribution < 1.29 is 0 Å². The van der Waals surface area contributed by atoms with E-state index >= 15 is 0 Å². The number of nitrogens with zero attached hydrogens (tertiary/aromatic N) is 2. The molecule has 2 rings (SSSR count). The maximum absolute atomic E-state index is 5.74. The van der Waals surface area contributed by atoms with E-state index in [1.165, 1.54) is 6.33 Å². The third-order valence-electron chi connectivity index (χ3n) is 1.99. The first-order chi connectivity index (χ1) is 7.33. The zero-order valence-electron chi connectivity index (χ0n) is 8.12. The van der Waals surface area contributed by atoms with Gasteiger partial charge in [-0.2, -0.15) is 0 Å². The molecule has 0 unspecified atom stereocenters. The SMILES string of the molecule is NCCC#Cc1c[nH]c2ncnc(N)c12.